The van der Waals surface area contributed by atoms with Crippen molar-refractivity contribution in [3.05, 3.63) is 23.9 Å². The quantitative estimate of drug-likeness (QED) is 0.855. The van der Waals surface area contributed by atoms with Crippen molar-refractivity contribution in [3.63, 3.8) is 0 Å². The standard InChI is InChI=1S/C14H23N3O2/c1-14(2,19-5)9-10-15-12-8-6-7-11(16-12)13(18)17(3)4/h6-8H,9-10H2,1-5H3,(H,15,16). The molecule has 1 N–H and O–H groups in total. The average Bonchev–Trinajstić information content (AvgIpc) is 2.38. The van der Waals surface area contributed by atoms with Crippen molar-refractivity contribution in [2.45, 2.75) is 25.9 Å². The van der Waals surface area contributed by atoms with E-state index in [0.29, 0.717) is 11.5 Å². The van der Waals surface area contributed by atoms with Gasteiger partial charge in [-0.15, -0.1) is 0 Å². The molecule has 5 nitrogen and oxygen atoms in total. The molecule has 106 valence electrons. The lowest BCUT2D eigenvalue weighted by atomic mass is 10.1. The lowest BCUT2D eigenvalue weighted by molar-refractivity contribution is 0.0184. The Morgan fingerprint density at radius 2 is 2.11 bits per heavy atom. The number of carbonyl (C=O) groups is 1. The summed E-state index contributed by atoms with van der Waals surface area (Å²) in [6.45, 7) is 4.82. The fourth-order valence-corrected chi connectivity index (χ4v) is 1.48. The molecule has 1 heterocycles. The fraction of sp³-hybridized carbons (Fsp3) is 0.571. The number of hydrogen-bond donors (Lipinski definition) is 1. The first kappa shape index (κ1) is 15.4. The second-order valence-corrected chi connectivity index (χ2v) is 5.25. The topological polar surface area (TPSA) is 54.5 Å². The predicted molar refractivity (Wildman–Crippen MR) is 76.4 cm³/mol. The van der Waals surface area contributed by atoms with Crippen molar-refractivity contribution in [2.75, 3.05) is 33.1 Å². The number of rotatable bonds is 6. The molecule has 0 unspecified atom stereocenters. The average molecular weight is 265 g/mol. The molecule has 0 aliphatic rings. The first-order valence-electron chi connectivity index (χ1n) is 6.33. The Kier molecular flexibility index (Phi) is 5.30. The Balaban J connectivity index is 2.61. The molecular weight excluding hydrogens is 242 g/mol. The lowest BCUT2D eigenvalue weighted by Gasteiger charge is -2.22. The van der Waals surface area contributed by atoms with Crippen LogP contribution < -0.4 is 5.32 Å². The molecule has 0 radical (unpaired) electrons. The maximum Gasteiger partial charge on any atom is 0.272 e. The highest BCUT2D eigenvalue weighted by molar-refractivity contribution is 5.92. The number of ether oxygens (including phenoxy) is 1. The zero-order valence-electron chi connectivity index (χ0n) is 12.4. The number of anilines is 1. The van der Waals surface area contributed by atoms with Gasteiger partial charge >= 0.3 is 0 Å². The summed E-state index contributed by atoms with van der Waals surface area (Å²) in [7, 11) is 5.13. The SMILES string of the molecule is COC(C)(C)CCNc1cccc(C(=O)N(C)C)n1. The van der Waals surface area contributed by atoms with E-state index >= 15 is 0 Å². The summed E-state index contributed by atoms with van der Waals surface area (Å²) < 4.78 is 5.35. The van der Waals surface area contributed by atoms with Crippen LogP contribution in [0.3, 0.4) is 0 Å². The molecule has 1 aromatic rings. The summed E-state index contributed by atoms with van der Waals surface area (Å²) >= 11 is 0. The van der Waals surface area contributed by atoms with Crippen molar-refractivity contribution in [1.29, 1.82) is 0 Å². The number of methoxy groups -OCH3 is 1. The van der Waals surface area contributed by atoms with Gasteiger partial charge in [0.25, 0.3) is 5.91 Å². The van der Waals surface area contributed by atoms with Crippen molar-refractivity contribution < 1.29 is 9.53 Å². The van der Waals surface area contributed by atoms with Crippen molar-refractivity contribution >= 4 is 11.7 Å². The summed E-state index contributed by atoms with van der Waals surface area (Å²) in [4.78, 5) is 17.6. The Hall–Kier alpha value is -1.62. The van der Waals surface area contributed by atoms with Crippen molar-refractivity contribution in [3.8, 4) is 0 Å². The molecule has 0 saturated heterocycles. The molecule has 1 aromatic heterocycles. The minimum Gasteiger partial charge on any atom is -0.379 e. The van der Waals surface area contributed by atoms with Gasteiger partial charge in [-0.1, -0.05) is 6.07 Å². The fourth-order valence-electron chi connectivity index (χ4n) is 1.48. The number of nitrogens with one attached hydrogen (secondary N) is 1. The number of nitrogens with zero attached hydrogens (tertiary/aromatic N) is 2. The van der Waals surface area contributed by atoms with E-state index in [1.54, 1.807) is 27.3 Å². The highest BCUT2D eigenvalue weighted by Crippen LogP contribution is 2.13. The monoisotopic (exact) mass is 265 g/mol. The van der Waals surface area contributed by atoms with Crippen LogP contribution in [0.4, 0.5) is 5.82 Å². The third kappa shape index (κ3) is 4.87. The van der Waals surface area contributed by atoms with E-state index in [2.05, 4.69) is 10.3 Å². The largest absolute Gasteiger partial charge is 0.379 e. The van der Waals surface area contributed by atoms with Gasteiger partial charge in [-0.25, -0.2) is 4.98 Å². The zero-order valence-corrected chi connectivity index (χ0v) is 12.4. The highest BCUT2D eigenvalue weighted by Gasteiger charge is 2.15. The van der Waals surface area contributed by atoms with Gasteiger partial charge in [0.2, 0.25) is 0 Å². The third-order valence-corrected chi connectivity index (χ3v) is 2.96. The molecule has 0 saturated carbocycles. The molecule has 1 rings (SSSR count). The number of hydrogen-bond acceptors (Lipinski definition) is 4. The Morgan fingerprint density at radius 3 is 2.68 bits per heavy atom. The van der Waals surface area contributed by atoms with E-state index in [1.807, 2.05) is 26.0 Å². The molecule has 5 heteroatoms. The Bertz CT molecular complexity index is 430. The van der Waals surface area contributed by atoms with E-state index in [4.69, 9.17) is 4.74 Å². The summed E-state index contributed by atoms with van der Waals surface area (Å²) in [6, 6.07) is 5.40. The van der Waals surface area contributed by atoms with Crippen LogP contribution in [0.25, 0.3) is 0 Å². The molecule has 0 fully saturated rings. The first-order valence-corrected chi connectivity index (χ1v) is 6.33. The summed E-state index contributed by atoms with van der Waals surface area (Å²) in [6.07, 6.45) is 0.858. The molecule has 0 bridgehead atoms. The molecule has 0 aromatic carbocycles. The van der Waals surface area contributed by atoms with Gasteiger partial charge in [0.15, 0.2) is 0 Å². The third-order valence-electron chi connectivity index (χ3n) is 2.96. The van der Waals surface area contributed by atoms with Crippen LogP contribution in [0.15, 0.2) is 18.2 Å². The molecule has 0 aliphatic carbocycles. The zero-order chi connectivity index (χ0) is 14.5. The van der Waals surface area contributed by atoms with Gasteiger partial charge in [0, 0.05) is 27.7 Å². The molecular formula is C14H23N3O2. The van der Waals surface area contributed by atoms with E-state index in [1.165, 1.54) is 4.90 Å². The number of amides is 1. The maximum absolute atomic E-state index is 11.8. The first-order chi connectivity index (χ1) is 8.85. The lowest BCUT2D eigenvalue weighted by Crippen LogP contribution is -2.26. The maximum atomic E-state index is 11.8. The molecule has 19 heavy (non-hydrogen) atoms. The van der Waals surface area contributed by atoms with Gasteiger partial charge in [0.1, 0.15) is 11.5 Å². The Labute approximate surface area is 115 Å². The summed E-state index contributed by atoms with van der Waals surface area (Å²) in [5.74, 6) is 0.612. The van der Waals surface area contributed by atoms with Crippen LogP contribution >= 0.6 is 0 Å². The van der Waals surface area contributed by atoms with Crippen LogP contribution in [-0.4, -0.2) is 49.1 Å². The van der Waals surface area contributed by atoms with E-state index < -0.39 is 0 Å². The van der Waals surface area contributed by atoms with Gasteiger partial charge in [-0.05, 0) is 32.4 Å². The van der Waals surface area contributed by atoms with Gasteiger partial charge < -0.3 is 15.0 Å². The molecule has 0 spiro atoms. The van der Waals surface area contributed by atoms with E-state index in [0.717, 1.165) is 13.0 Å². The summed E-state index contributed by atoms with van der Waals surface area (Å²) in [5, 5.41) is 3.21. The van der Waals surface area contributed by atoms with Gasteiger partial charge in [-0.2, -0.15) is 0 Å². The minimum absolute atomic E-state index is 0.0964. The van der Waals surface area contributed by atoms with Crippen LogP contribution in [0.5, 0.6) is 0 Å². The molecule has 1 amide bonds. The van der Waals surface area contributed by atoms with Crippen molar-refractivity contribution in [2.24, 2.45) is 0 Å². The van der Waals surface area contributed by atoms with Crippen LogP contribution in [0.2, 0.25) is 0 Å². The normalized spacial score (nSPS) is 11.2. The van der Waals surface area contributed by atoms with Gasteiger partial charge in [0.05, 0.1) is 5.60 Å². The van der Waals surface area contributed by atoms with E-state index in [9.17, 15) is 4.79 Å². The molecule has 0 atom stereocenters. The summed E-state index contributed by atoms with van der Waals surface area (Å²) in [5.41, 5.74) is 0.283. The number of carbonyl (C=O) groups excluding carboxylic acids is 1. The van der Waals surface area contributed by atoms with E-state index in [-0.39, 0.29) is 11.5 Å². The number of pyridine rings is 1. The highest BCUT2D eigenvalue weighted by atomic mass is 16.5. The minimum atomic E-state index is -0.163. The van der Waals surface area contributed by atoms with Gasteiger partial charge in [-0.3, -0.25) is 4.79 Å². The van der Waals surface area contributed by atoms with Crippen LogP contribution in [0.1, 0.15) is 30.8 Å². The van der Waals surface area contributed by atoms with Crippen molar-refractivity contribution in [1.82, 2.24) is 9.88 Å². The van der Waals surface area contributed by atoms with Crippen LogP contribution in [0, 0.1) is 0 Å². The second-order valence-electron chi connectivity index (χ2n) is 5.25. The molecule has 0 aliphatic heterocycles. The number of aromatic nitrogens is 1. The Morgan fingerprint density at radius 1 is 1.42 bits per heavy atom. The second kappa shape index (κ2) is 6.52. The smallest absolute Gasteiger partial charge is 0.272 e. The van der Waals surface area contributed by atoms with Crippen LogP contribution in [-0.2, 0) is 4.74 Å². The predicted octanol–water partition coefficient (Wildman–Crippen LogP) is 2.01.